The molecular weight excluding hydrogens is 406 g/mol. The maximum Gasteiger partial charge on any atom is 0.203 e. The second kappa shape index (κ2) is 9.19. The van der Waals surface area contributed by atoms with E-state index < -0.39 is 0 Å². The first-order valence-electron chi connectivity index (χ1n) is 12.1. The fraction of sp³-hybridized carbons (Fsp3) is 0.267. The van der Waals surface area contributed by atoms with Crippen molar-refractivity contribution < 1.29 is 13.8 Å². The van der Waals surface area contributed by atoms with Gasteiger partial charge in [0, 0.05) is 35.6 Å². The minimum absolute atomic E-state index is 0.0422. The van der Waals surface area contributed by atoms with Gasteiger partial charge in [0.25, 0.3) is 0 Å². The van der Waals surface area contributed by atoms with Crippen molar-refractivity contribution in [2.24, 2.45) is 0 Å². The van der Waals surface area contributed by atoms with E-state index in [-0.39, 0.29) is 5.78 Å². The van der Waals surface area contributed by atoms with Crippen LogP contribution in [0.4, 0.5) is 0 Å². The van der Waals surface area contributed by atoms with Crippen molar-refractivity contribution in [1.29, 1.82) is 0 Å². The summed E-state index contributed by atoms with van der Waals surface area (Å²) in [6.45, 7) is 6.53. The molecule has 0 radical (unpaired) electrons. The van der Waals surface area contributed by atoms with Crippen LogP contribution in [0.5, 0.6) is 0 Å². The average molecular weight is 437 g/mol. The minimum Gasteiger partial charge on any atom is -0.455 e. The monoisotopic (exact) mass is 436 g/mol. The Morgan fingerprint density at radius 2 is 1.48 bits per heavy atom. The number of carbonyl (C=O) groups is 1. The number of allylic oxidation sites excluding steroid dienone is 1. The van der Waals surface area contributed by atoms with Gasteiger partial charge in [-0.25, -0.2) is 4.58 Å². The maximum atomic E-state index is 13.6. The van der Waals surface area contributed by atoms with E-state index in [0.29, 0.717) is 11.0 Å². The van der Waals surface area contributed by atoms with Crippen LogP contribution in [-0.2, 0) is 0 Å². The summed E-state index contributed by atoms with van der Waals surface area (Å²) in [4.78, 5) is 13.6. The number of furan rings is 1. The molecule has 0 saturated carbocycles. The smallest absolute Gasteiger partial charge is 0.203 e. The molecule has 2 aromatic carbocycles. The number of hydrogen-bond donors (Lipinski definition) is 0. The molecule has 0 atom stereocenters. The first kappa shape index (κ1) is 21.4. The van der Waals surface area contributed by atoms with Gasteiger partial charge in [0.2, 0.25) is 5.71 Å². The lowest BCUT2D eigenvalue weighted by Gasteiger charge is -2.16. The van der Waals surface area contributed by atoms with Gasteiger partial charge in [-0.05, 0) is 17.2 Å². The summed E-state index contributed by atoms with van der Waals surface area (Å²) in [7, 11) is 0. The lowest BCUT2D eigenvalue weighted by molar-refractivity contribution is -0.526. The van der Waals surface area contributed by atoms with Crippen molar-refractivity contribution in [3.05, 3.63) is 99.3 Å². The van der Waals surface area contributed by atoms with Gasteiger partial charge in [0.1, 0.15) is 23.9 Å². The zero-order chi connectivity index (χ0) is 22.8. The van der Waals surface area contributed by atoms with Crippen molar-refractivity contribution in [3.63, 3.8) is 0 Å². The third kappa shape index (κ3) is 3.82. The molecule has 0 spiro atoms. The molecule has 0 aliphatic heterocycles. The second-order valence-electron chi connectivity index (χ2n) is 8.80. The van der Waals surface area contributed by atoms with Crippen LogP contribution in [0.15, 0.2) is 65.1 Å². The maximum absolute atomic E-state index is 13.6. The molecule has 0 unspecified atom stereocenters. The van der Waals surface area contributed by atoms with Crippen LogP contribution < -0.4 is 10.8 Å². The highest BCUT2D eigenvalue weighted by atomic mass is 16.3. The van der Waals surface area contributed by atoms with Gasteiger partial charge in [-0.1, -0.05) is 81.3 Å². The molecule has 3 nitrogen and oxygen atoms in total. The molecular formula is C30H30NO2+. The fourth-order valence-corrected chi connectivity index (χ4v) is 4.80. The Kier molecular flexibility index (Phi) is 5.95. The molecule has 0 bridgehead atoms. The third-order valence-electron chi connectivity index (χ3n) is 6.56. The van der Waals surface area contributed by atoms with Crippen molar-refractivity contribution in [1.82, 2.24) is 0 Å². The fourth-order valence-electron chi connectivity index (χ4n) is 4.80. The molecule has 2 aliphatic rings. The second-order valence-corrected chi connectivity index (χ2v) is 8.80. The molecule has 33 heavy (non-hydrogen) atoms. The summed E-state index contributed by atoms with van der Waals surface area (Å²) in [6, 6.07) is 18.1. The summed E-state index contributed by atoms with van der Waals surface area (Å²) >= 11 is 0. The summed E-state index contributed by atoms with van der Waals surface area (Å²) in [5, 5.41) is 0. The Morgan fingerprint density at radius 1 is 0.818 bits per heavy atom. The number of unbranched alkanes of at least 4 members (excludes halogenated alkanes) is 2. The number of rotatable bonds is 7. The van der Waals surface area contributed by atoms with Gasteiger partial charge >= 0.3 is 0 Å². The third-order valence-corrected chi connectivity index (χ3v) is 6.56. The average Bonchev–Trinajstić information content (AvgIpc) is 3.23. The predicted molar refractivity (Wildman–Crippen MR) is 134 cm³/mol. The van der Waals surface area contributed by atoms with E-state index in [1.807, 2.05) is 42.5 Å². The van der Waals surface area contributed by atoms with Crippen LogP contribution in [0.3, 0.4) is 0 Å². The van der Waals surface area contributed by atoms with Gasteiger partial charge in [0.15, 0.2) is 5.78 Å². The lowest BCUT2D eigenvalue weighted by Crippen LogP contribution is -2.25. The molecule has 1 heterocycles. The zero-order valence-corrected chi connectivity index (χ0v) is 19.4. The van der Waals surface area contributed by atoms with Crippen LogP contribution in [-0.4, -0.2) is 29.2 Å². The topological polar surface area (TPSA) is 33.2 Å². The van der Waals surface area contributed by atoms with Crippen LogP contribution in [0, 0.1) is 0 Å². The number of ketones is 1. The predicted octanol–water partition coefficient (Wildman–Crippen LogP) is 4.93. The summed E-state index contributed by atoms with van der Waals surface area (Å²) in [5.74, 6) is 0.0422. The Bertz CT molecular complexity index is 1380. The molecule has 0 amide bonds. The quantitative estimate of drug-likeness (QED) is 0.385. The molecule has 0 saturated heterocycles. The highest BCUT2D eigenvalue weighted by Gasteiger charge is 2.31. The van der Waals surface area contributed by atoms with Crippen LogP contribution >= 0.6 is 0 Å². The van der Waals surface area contributed by atoms with Crippen molar-refractivity contribution in [2.75, 3.05) is 13.1 Å². The Hall–Kier alpha value is -3.46. The molecule has 0 N–H and O–H groups in total. The molecule has 3 aromatic rings. The van der Waals surface area contributed by atoms with Crippen LogP contribution in [0.25, 0.3) is 17.7 Å². The normalized spacial score (nSPS) is 13.9. The molecule has 5 rings (SSSR count). The van der Waals surface area contributed by atoms with Gasteiger partial charge in [0.05, 0.1) is 11.6 Å². The summed E-state index contributed by atoms with van der Waals surface area (Å²) in [5.41, 5.74) is 7.95. The van der Waals surface area contributed by atoms with E-state index in [2.05, 4.69) is 48.8 Å². The number of fused-ring (bicyclic) bond motifs is 4. The van der Waals surface area contributed by atoms with E-state index in [1.165, 1.54) is 18.6 Å². The van der Waals surface area contributed by atoms with Gasteiger partial charge in [-0.2, -0.15) is 0 Å². The number of benzene rings is 2. The number of nitrogens with zero attached hydrogens (tertiary/aromatic N) is 1. The Balaban J connectivity index is 1.77. The molecule has 1 aromatic heterocycles. The standard InChI is InChI=1S/C30H30NO2/c1-3-5-18-31(19-6-4-2)22-16-17-25-26(20-22)33-30-27(21-12-8-7-9-13-21)23-14-10-11-15-24(23)29(32)28(25)30/h7-17,20H,3-6,18-19H2,1-2H3/q+1. The van der Waals surface area contributed by atoms with E-state index >= 15 is 0 Å². The zero-order valence-electron chi connectivity index (χ0n) is 19.4. The van der Waals surface area contributed by atoms with E-state index in [0.717, 1.165) is 59.2 Å². The van der Waals surface area contributed by atoms with Crippen LogP contribution in [0.1, 0.15) is 72.1 Å². The Morgan fingerprint density at radius 3 is 2.18 bits per heavy atom. The van der Waals surface area contributed by atoms with Crippen molar-refractivity contribution in [3.8, 4) is 0 Å². The first-order valence-corrected chi connectivity index (χ1v) is 12.1. The van der Waals surface area contributed by atoms with E-state index in [1.54, 1.807) is 0 Å². The minimum atomic E-state index is 0.0422. The molecule has 166 valence electrons. The van der Waals surface area contributed by atoms with Crippen LogP contribution in [0.2, 0.25) is 0 Å². The number of hydrogen-bond acceptors (Lipinski definition) is 2. The highest BCUT2D eigenvalue weighted by molar-refractivity contribution is 6.21. The molecule has 0 fully saturated rings. The van der Waals surface area contributed by atoms with Crippen molar-refractivity contribution in [2.45, 2.75) is 39.5 Å². The van der Waals surface area contributed by atoms with E-state index in [9.17, 15) is 4.79 Å². The molecule has 3 heteroatoms. The number of carbonyl (C=O) groups excluding carboxylic acids is 1. The lowest BCUT2D eigenvalue weighted by atomic mass is 9.84. The summed E-state index contributed by atoms with van der Waals surface area (Å²) < 4.78 is 8.95. The van der Waals surface area contributed by atoms with Crippen molar-refractivity contribution >= 4 is 29.2 Å². The van der Waals surface area contributed by atoms with Gasteiger partial charge in [-0.15, -0.1) is 0 Å². The first-order chi connectivity index (χ1) is 16.2. The van der Waals surface area contributed by atoms with Gasteiger partial charge < -0.3 is 4.42 Å². The summed E-state index contributed by atoms with van der Waals surface area (Å²) in [6.07, 6.45) is 11.0. The van der Waals surface area contributed by atoms with Gasteiger partial charge in [-0.3, -0.25) is 4.79 Å². The SMILES string of the molecule is CCCC[N+](CCCC)=C1C=Cc2c3c(oc2=C1)=C(c1ccccc1)c1ccccc1C3=O. The largest absolute Gasteiger partial charge is 0.455 e. The molecule has 2 aliphatic carbocycles. The Labute approximate surface area is 195 Å². The highest BCUT2D eigenvalue weighted by Crippen LogP contribution is 2.30. The van der Waals surface area contributed by atoms with E-state index in [4.69, 9.17) is 4.42 Å².